The fraction of sp³-hybridized carbons (Fsp3) is 0.154. The van der Waals surface area contributed by atoms with Crippen LogP contribution in [0, 0.1) is 6.92 Å². The van der Waals surface area contributed by atoms with E-state index in [1.165, 1.54) is 11.8 Å². The molecule has 0 bridgehead atoms. The van der Waals surface area contributed by atoms with Crippen molar-refractivity contribution in [2.45, 2.75) is 20.5 Å². The topological polar surface area (TPSA) is 59.9 Å². The van der Waals surface area contributed by atoms with Gasteiger partial charge in [-0.2, -0.15) is 0 Å². The quantitative estimate of drug-likeness (QED) is 0.310. The highest BCUT2D eigenvalue weighted by Crippen LogP contribution is 2.33. The van der Waals surface area contributed by atoms with Crippen molar-refractivity contribution in [3.05, 3.63) is 91.8 Å². The Morgan fingerprint density at radius 3 is 2.59 bits per heavy atom. The van der Waals surface area contributed by atoms with Gasteiger partial charge in [-0.3, -0.25) is 4.79 Å². The summed E-state index contributed by atoms with van der Waals surface area (Å²) in [7, 11) is 0. The minimum atomic E-state index is -0.199. The van der Waals surface area contributed by atoms with Gasteiger partial charge in [0.15, 0.2) is 16.7 Å². The number of amidine groups is 1. The third kappa shape index (κ3) is 6.23. The summed E-state index contributed by atoms with van der Waals surface area (Å²) in [5.74, 6) is 1.07. The molecule has 1 N–H and O–H groups in total. The average Bonchev–Trinajstić information content (AvgIpc) is 3.15. The molecule has 1 saturated heterocycles. The number of nitrogens with one attached hydrogen (secondary N) is 1. The lowest BCUT2D eigenvalue weighted by molar-refractivity contribution is -0.115. The second-order valence-corrected chi connectivity index (χ2v) is 9.82. The Morgan fingerprint density at radius 2 is 1.85 bits per heavy atom. The molecular formula is C26H22BrClN2O3S. The van der Waals surface area contributed by atoms with Crippen molar-refractivity contribution >= 4 is 62.1 Å². The van der Waals surface area contributed by atoms with Crippen LogP contribution in [0.25, 0.3) is 6.08 Å². The van der Waals surface area contributed by atoms with Crippen LogP contribution in [0.5, 0.6) is 11.5 Å². The number of hydrogen-bond acceptors (Lipinski definition) is 5. The summed E-state index contributed by atoms with van der Waals surface area (Å²) in [6, 6.07) is 19.1. The first-order valence-electron chi connectivity index (χ1n) is 10.6. The minimum Gasteiger partial charge on any atom is -0.490 e. The Hall–Kier alpha value is -2.74. The summed E-state index contributed by atoms with van der Waals surface area (Å²) in [5.41, 5.74) is 3.54. The van der Waals surface area contributed by atoms with Gasteiger partial charge in [0.05, 0.1) is 17.2 Å². The second-order valence-electron chi connectivity index (χ2n) is 7.47. The number of rotatable bonds is 7. The largest absolute Gasteiger partial charge is 0.490 e. The van der Waals surface area contributed by atoms with Crippen molar-refractivity contribution in [2.24, 2.45) is 4.99 Å². The first kappa shape index (κ1) is 24.4. The van der Waals surface area contributed by atoms with E-state index in [9.17, 15) is 4.79 Å². The Kier molecular flexibility index (Phi) is 7.98. The van der Waals surface area contributed by atoms with Gasteiger partial charge in [0.2, 0.25) is 0 Å². The van der Waals surface area contributed by atoms with Crippen LogP contribution in [0.2, 0.25) is 5.02 Å². The average molecular weight is 558 g/mol. The highest BCUT2D eigenvalue weighted by atomic mass is 79.9. The predicted octanol–water partition coefficient (Wildman–Crippen LogP) is 7.28. The minimum absolute atomic E-state index is 0.199. The molecule has 5 nitrogen and oxygen atoms in total. The molecular weight excluding hydrogens is 536 g/mol. The predicted molar refractivity (Wildman–Crippen MR) is 143 cm³/mol. The Morgan fingerprint density at radius 1 is 1.06 bits per heavy atom. The van der Waals surface area contributed by atoms with E-state index in [4.69, 9.17) is 21.1 Å². The van der Waals surface area contributed by atoms with E-state index in [1.807, 2.05) is 74.5 Å². The SMILES string of the molecule is CCOc1cc(/C=C2\SC(=Nc3ccc(C)c(Cl)c3)NC2=O)ccc1OCc1ccc(Br)cc1. The van der Waals surface area contributed by atoms with Gasteiger partial charge in [-0.25, -0.2) is 4.99 Å². The number of nitrogens with zero attached hydrogens (tertiary/aromatic N) is 1. The fourth-order valence-electron chi connectivity index (χ4n) is 3.14. The van der Waals surface area contributed by atoms with Gasteiger partial charge in [-0.15, -0.1) is 0 Å². The molecule has 174 valence electrons. The van der Waals surface area contributed by atoms with Gasteiger partial charge in [-0.05, 0) is 84.8 Å². The Labute approximate surface area is 216 Å². The first-order chi connectivity index (χ1) is 16.4. The van der Waals surface area contributed by atoms with Crippen LogP contribution in [0.15, 0.2) is 75.0 Å². The molecule has 1 aliphatic rings. The third-order valence-electron chi connectivity index (χ3n) is 4.91. The molecule has 3 aromatic rings. The van der Waals surface area contributed by atoms with Gasteiger partial charge in [0.25, 0.3) is 5.91 Å². The molecule has 3 aromatic carbocycles. The van der Waals surface area contributed by atoms with Crippen molar-refractivity contribution in [1.29, 1.82) is 0 Å². The summed E-state index contributed by atoms with van der Waals surface area (Å²) in [4.78, 5) is 17.5. The van der Waals surface area contributed by atoms with E-state index in [0.29, 0.717) is 45.5 Å². The standard InChI is InChI=1S/C26H22BrClN2O3S/c1-3-32-23-12-18(7-11-22(23)33-15-17-5-8-19(27)9-6-17)13-24-25(31)30-26(34-24)29-20-10-4-16(2)21(28)14-20/h4-14H,3,15H2,1-2H3,(H,29,30,31)/b24-13-. The summed E-state index contributed by atoms with van der Waals surface area (Å²) in [6.07, 6.45) is 1.81. The smallest absolute Gasteiger partial charge is 0.264 e. The number of halogens is 2. The summed E-state index contributed by atoms with van der Waals surface area (Å²) in [5, 5.41) is 3.95. The summed E-state index contributed by atoms with van der Waals surface area (Å²) in [6.45, 7) is 4.78. The van der Waals surface area contributed by atoms with Crippen molar-refractivity contribution in [1.82, 2.24) is 5.32 Å². The monoisotopic (exact) mass is 556 g/mol. The maximum Gasteiger partial charge on any atom is 0.264 e. The normalized spacial score (nSPS) is 15.6. The number of hydrogen-bond donors (Lipinski definition) is 1. The number of thioether (sulfide) groups is 1. The molecule has 0 aromatic heterocycles. The molecule has 8 heteroatoms. The third-order valence-corrected chi connectivity index (χ3v) is 6.76. The number of amides is 1. The number of carbonyl (C=O) groups excluding carboxylic acids is 1. The fourth-order valence-corrected chi connectivity index (χ4v) is 4.43. The second kappa shape index (κ2) is 11.1. The van der Waals surface area contributed by atoms with E-state index < -0.39 is 0 Å². The van der Waals surface area contributed by atoms with E-state index >= 15 is 0 Å². The van der Waals surface area contributed by atoms with Crippen LogP contribution >= 0.6 is 39.3 Å². The molecule has 0 radical (unpaired) electrons. The lowest BCUT2D eigenvalue weighted by Crippen LogP contribution is -2.19. The Bertz CT molecular complexity index is 1280. The first-order valence-corrected chi connectivity index (χ1v) is 12.6. The molecule has 0 saturated carbocycles. The van der Waals surface area contributed by atoms with Gasteiger partial charge < -0.3 is 14.8 Å². The zero-order valence-corrected chi connectivity index (χ0v) is 21.8. The van der Waals surface area contributed by atoms with Gasteiger partial charge >= 0.3 is 0 Å². The van der Waals surface area contributed by atoms with E-state index in [0.717, 1.165) is 21.2 Å². The van der Waals surface area contributed by atoms with Gasteiger partial charge in [0.1, 0.15) is 6.61 Å². The molecule has 4 rings (SSSR count). The van der Waals surface area contributed by atoms with Crippen LogP contribution in [-0.2, 0) is 11.4 Å². The van der Waals surface area contributed by atoms with Gasteiger partial charge in [-0.1, -0.05) is 51.8 Å². The van der Waals surface area contributed by atoms with E-state index in [-0.39, 0.29) is 5.91 Å². The van der Waals surface area contributed by atoms with Crippen LogP contribution in [0.3, 0.4) is 0 Å². The van der Waals surface area contributed by atoms with Crippen LogP contribution in [0.4, 0.5) is 5.69 Å². The maximum absolute atomic E-state index is 12.5. The molecule has 1 aliphatic heterocycles. The van der Waals surface area contributed by atoms with Crippen LogP contribution in [0.1, 0.15) is 23.6 Å². The van der Waals surface area contributed by atoms with Crippen LogP contribution in [-0.4, -0.2) is 17.7 Å². The van der Waals surface area contributed by atoms with E-state index in [1.54, 1.807) is 6.07 Å². The molecule has 1 heterocycles. The Balaban J connectivity index is 1.50. The molecule has 1 amide bonds. The number of benzene rings is 3. The molecule has 0 aliphatic carbocycles. The van der Waals surface area contributed by atoms with Crippen molar-refractivity contribution < 1.29 is 14.3 Å². The molecule has 0 spiro atoms. The number of aliphatic imine (C=N–C) groups is 1. The lowest BCUT2D eigenvalue weighted by atomic mass is 10.2. The highest BCUT2D eigenvalue weighted by molar-refractivity contribution is 9.10. The number of carbonyl (C=O) groups is 1. The molecule has 0 atom stereocenters. The van der Waals surface area contributed by atoms with Crippen molar-refractivity contribution in [3.8, 4) is 11.5 Å². The van der Waals surface area contributed by atoms with Crippen LogP contribution < -0.4 is 14.8 Å². The number of aryl methyl sites for hydroxylation is 1. The molecule has 34 heavy (non-hydrogen) atoms. The summed E-state index contributed by atoms with van der Waals surface area (Å²) >= 11 is 10.9. The lowest BCUT2D eigenvalue weighted by Gasteiger charge is -2.13. The number of ether oxygens (including phenoxy) is 2. The van der Waals surface area contributed by atoms with E-state index in [2.05, 4.69) is 26.2 Å². The zero-order valence-electron chi connectivity index (χ0n) is 18.6. The molecule has 1 fully saturated rings. The van der Waals surface area contributed by atoms with Crippen molar-refractivity contribution in [2.75, 3.05) is 6.61 Å². The van der Waals surface area contributed by atoms with Crippen molar-refractivity contribution in [3.63, 3.8) is 0 Å². The highest BCUT2D eigenvalue weighted by Gasteiger charge is 2.24. The van der Waals surface area contributed by atoms with Gasteiger partial charge in [0, 0.05) is 9.50 Å². The zero-order chi connectivity index (χ0) is 24.1. The molecule has 0 unspecified atom stereocenters. The maximum atomic E-state index is 12.5. The summed E-state index contributed by atoms with van der Waals surface area (Å²) < 4.78 is 12.8.